The van der Waals surface area contributed by atoms with Crippen LogP contribution in [0.2, 0.25) is 5.02 Å². The van der Waals surface area contributed by atoms with Gasteiger partial charge in [-0.05, 0) is 47.7 Å². The first-order valence-electron chi connectivity index (χ1n) is 9.64. The van der Waals surface area contributed by atoms with Crippen LogP contribution in [-0.4, -0.2) is 28.9 Å². The molecule has 2 aromatic carbocycles. The number of aromatic nitrogens is 1. The number of nitrogens with zero attached hydrogens (tertiary/aromatic N) is 2. The molecule has 0 saturated heterocycles. The molecule has 0 bridgehead atoms. The highest BCUT2D eigenvalue weighted by Gasteiger charge is 2.16. The van der Waals surface area contributed by atoms with Crippen molar-refractivity contribution in [2.45, 2.75) is 32.7 Å². The first-order valence-corrected chi connectivity index (χ1v) is 10.9. The Labute approximate surface area is 181 Å². The predicted octanol–water partition coefficient (Wildman–Crippen LogP) is 5.57. The molecule has 3 aromatic rings. The van der Waals surface area contributed by atoms with Gasteiger partial charge < -0.3 is 9.64 Å². The van der Waals surface area contributed by atoms with Crippen molar-refractivity contribution in [3.8, 4) is 5.75 Å². The average Bonchev–Trinajstić information content (AvgIpc) is 3.23. The van der Waals surface area contributed by atoms with Crippen LogP contribution in [0.3, 0.4) is 0 Å². The molecule has 0 aliphatic heterocycles. The first kappa shape index (κ1) is 21.3. The van der Waals surface area contributed by atoms with Crippen LogP contribution in [0.4, 0.5) is 0 Å². The zero-order valence-electron chi connectivity index (χ0n) is 16.7. The van der Waals surface area contributed by atoms with Crippen LogP contribution >= 0.6 is 22.9 Å². The van der Waals surface area contributed by atoms with Gasteiger partial charge in [-0.25, -0.2) is 4.98 Å². The van der Waals surface area contributed by atoms with Gasteiger partial charge in [-0.2, -0.15) is 0 Å². The normalized spacial score (nSPS) is 10.9. The zero-order valence-corrected chi connectivity index (χ0v) is 18.2. The van der Waals surface area contributed by atoms with E-state index in [1.165, 1.54) is 5.56 Å². The number of thiazole rings is 1. The molecule has 1 amide bonds. The molecule has 1 aromatic heterocycles. The molecule has 0 radical (unpaired) electrons. The molecule has 6 heteroatoms. The van der Waals surface area contributed by atoms with Crippen molar-refractivity contribution in [3.63, 3.8) is 0 Å². The maximum Gasteiger partial charge on any atom is 0.260 e. The topological polar surface area (TPSA) is 42.4 Å². The van der Waals surface area contributed by atoms with Gasteiger partial charge in [-0.3, -0.25) is 4.79 Å². The maximum absolute atomic E-state index is 12.9. The Bertz CT molecular complexity index is 911. The van der Waals surface area contributed by atoms with E-state index in [2.05, 4.69) is 18.8 Å². The number of rotatable bonds is 9. The summed E-state index contributed by atoms with van der Waals surface area (Å²) in [7, 11) is 0. The van der Waals surface area contributed by atoms with E-state index in [1.807, 2.05) is 53.9 Å². The molecule has 29 heavy (non-hydrogen) atoms. The number of hydrogen-bond donors (Lipinski definition) is 0. The van der Waals surface area contributed by atoms with E-state index in [0.717, 1.165) is 17.0 Å². The lowest BCUT2D eigenvalue weighted by Crippen LogP contribution is -2.36. The summed E-state index contributed by atoms with van der Waals surface area (Å²) >= 11 is 7.62. The minimum atomic E-state index is -0.0600. The van der Waals surface area contributed by atoms with Gasteiger partial charge in [0.15, 0.2) is 6.61 Å². The number of carbonyl (C=O) groups excluding carboxylic acids is 1. The lowest BCUT2D eigenvalue weighted by molar-refractivity contribution is -0.134. The molecule has 4 nitrogen and oxygen atoms in total. The van der Waals surface area contributed by atoms with E-state index in [0.29, 0.717) is 29.8 Å². The minimum absolute atomic E-state index is 0.00193. The van der Waals surface area contributed by atoms with Crippen molar-refractivity contribution < 1.29 is 9.53 Å². The highest BCUT2D eigenvalue weighted by Crippen LogP contribution is 2.19. The second-order valence-electron chi connectivity index (χ2n) is 7.13. The Morgan fingerprint density at radius 2 is 2.00 bits per heavy atom. The molecule has 152 valence electrons. The highest BCUT2D eigenvalue weighted by molar-refractivity contribution is 7.09. The lowest BCUT2D eigenvalue weighted by Gasteiger charge is -2.22. The molecule has 1 heterocycles. The number of amides is 1. The number of halogens is 1. The molecule has 0 spiro atoms. The summed E-state index contributed by atoms with van der Waals surface area (Å²) in [6.07, 6.45) is 2.48. The van der Waals surface area contributed by atoms with E-state index in [4.69, 9.17) is 16.3 Å². The minimum Gasteiger partial charge on any atom is -0.484 e. The van der Waals surface area contributed by atoms with Crippen LogP contribution in [0.5, 0.6) is 5.75 Å². The van der Waals surface area contributed by atoms with Crippen molar-refractivity contribution in [1.29, 1.82) is 0 Å². The molecule has 0 unspecified atom stereocenters. The molecular formula is C23H25ClN2O2S. The van der Waals surface area contributed by atoms with Gasteiger partial charge in [-0.1, -0.05) is 49.7 Å². The van der Waals surface area contributed by atoms with Gasteiger partial charge in [0, 0.05) is 23.1 Å². The van der Waals surface area contributed by atoms with Crippen molar-refractivity contribution >= 4 is 28.8 Å². The van der Waals surface area contributed by atoms with Gasteiger partial charge in [0.1, 0.15) is 10.8 Å². The van der Waals surface area contributed by atoms with E-state index in [-0.39, 0.29) is 12.5 Å². The molecular weight excluding hydrogens is 404 g/mol. The molecule has 0 fully saturated rings. The summed E-state index contributed by atoms with van der Waals surface area (Å²) in [4.78, 5) is 19.0. The maximum atomic E-state index is 12.9. The van der Waals surface area contributed by atoms with E-state index in [9.17, 15) is 4.79 Å². The monoisotopic (exact) mass is 428 g/mol. The summed E-state index contributed by atoms with van der Waals surface area (Å²) in [6.45, 7) is 5.36. The van der Waals surface area contributed by atoms with Crippen molar-refractivity contribution in [2.75, 3.05) is 13.2 Å². The summed E-state index contributed by atoms with van der Waals surface area (Å²) < 4.78 is 5.74. The van der Waals surface area contributed by atoms with Crippen LogP contribution in [-0.2, 0) is 17.8 Å². The smallest absolute Gasteiger partial charge is 0.260 e. The molecule has 0 saturated carbocycles. The Morgan fingerprint density at radius 3 is 2.66 bits per heavy atom. The second-order valence-corrected chi connectivity index (χ2v) is 8.55. The molecule has 0 N–H and O–H groups in total. The number of carbonyl (C=O) groups is 1. The first-order chi connectivity index (χ1) is 14.0. The standard InChI is InChI=1S/C23H25ClN2O2S/c1-17(2)19-6-8-21(9-7-19)28-16-23(27)26(15-22-25-11-13-29-22)12-10-18-4-3-5-20(24)14-18/h3-9,11,13-14,17H,10,12,15-16H2,1-2H3. The van der Waals surface area contributed by atoms with E-state index < -0.39 is 0 Å². The summed E-state index contributed by atoms with van der Waals surface area (Å²) in [5, 5.41) is 3.53. The van der Waals surface area contributed by atoms with Crippen LogP contribution < -0.4 is 4.74 Å². The van der Waals surface area contributed by atoms with Gasteiger partial charge in [0.05, 0.1) is 6.54 Å². The molecule has 0 atom stereocenters. The molecule has 0 aliphatic rings. The third-order valence-electron chi connectivity index (χ3n) is 4.63. The summed E-state index contributed by atoms with van der Waals surface area (Å²) in [6, 6.07) is 15.6. The summed E-state index contributed by atoms with van der Waals surface area (Å²) in [5.41, 5.74) is 2.34. The third kappa shape index (κ3) is 6.58. The van der Waals surface area contributed by atoms with E-state index >= 15 is 0 Å². The van der Waals surface area contributed by atoms with Crippen LogP contribution in [0.25, 0.3) is 0 Å². The van der Waals surface area contributed by atoms with Crippen LogP contribution in [0, 0.1) is 0 Å². The average molecular weight is 429 g/mol. The Kier molecular flexibility index (Phi) is 7.67. The lowest BCUT2D eigenvalue weighted by atomic mass is 10.0. The van der Waals surface area contributed by atoms with Crippen molar-refractivity contribution in [3.05, 3.63) is 81.3 Å². The number of ether oxygens (including phenoxy) is 1. The van der Waals surface area contributed by atoms with Crippen molar-refractivity contribution in [1.82, 2.24) is 9.88 Å². The SMILES string of the molecule is CC(C)c1ccc(OCC(=O)N(CCc2cccc(Cl)c2)Cc2nccs2)cc1. The summed E-state index contributed by atoms with van der Waals surface area (Å²) in [5.74, 6) is 1.10. The van der Waals surface area contributed by atoms with Crippen molar-refractivity contribution in [2.24, 2.45) is 0 Å². The quantitative estimate of drug-likeness (QED) is 0.447. The number of benzene rings is 2. The Hall–Kier alpha value is -2.37. The van der Waals surface area contributed by atoms with E-state index in [1.54, 1.807) is 22.4 Å². The van der Waals surface area contributed by atoms with Crippen LogP contribution in [0.15, 0.2) is 60.1 Å². The molecule has 3 rings (SSSR count). The second kappa shape index (κ2) is 10.4. The van der Waals surface area contributed by atoms with Crippen LogP contribution in [0.1, 0.15) is 35.9 Å². The van der Waals surface area contributed by atoms with Gasteiger partial charge in [0.2, 0.25) is 0 Å². The Morgan fingerprint density at radius 1 is 1.21 bits per heavy atom. The number of hydrogen-bond acceptors (Lipinski definition) is 4. The van der Waals surface area contributed by atoms with Gasteiger partial charge in [0.25, 0.3) is 5.91 Å². The predicted molar refractivity (Wildman–Crippen MR) is 119 cm³/mol. The fourth-order valence-corrected chi connectivity index (χ4v) is 3.77. The fraction of sp³-hybridized carbons (Fsp3) is 0.304. The van der Waals surface area contributed by atoms with Gasteiger partial charge in [-0.15, -0.1) is 11.3 Å². The Balaban J connectivity index is 1.61. The largest absolute Gasteiger partial charge is 0.484 e. The third-order valence-corrected chi connectivity index (χ3v) is 5.63. The van der Waals surface area contributed by atoms with Gasteiger partial charge >= 0.3 is 0 Å². The fourth-order valence-electron chi connectivity index (χ4n) is 2.93. The molecule has 0 aliphatic carbocycles. The highest BCUT2D eigenvalue weighted by atomic mass is 35.5. The zero-order chi connectivity index (χ0) is 20.6.